The number of hydrogen-bond donors (Lipinski definition) is 2. The second-order valence-electron chi connectivity index (χ2n) is 14.2. The van der Waals surface area contributed by atoms with Crippen LogP contribution in [0, 0.1) is 6.92 Å². The lowest BCUT2D eigenvalue weighted by molar-refractivity contribution is 0.403. The molecule has 2 N–H and O–H groups in total. The lowest BCUT2D eigenvalue weighted by atomic mass is 9.59. The van der Waals surface area contributed by atoms with Crippen LogP contribution in [0.3, 0.4) is 0 Å². The van der Waals surface area contributed by atoms with E-state index in [1.807, 2.05) is 84.9 Å². The van der Waals surface area contributed by atoms with Gasteiger partial charge in [-0.1, -0.05) is 113 Å². The van der Waals surface area contributed by atoms with Crippen LogP contribution in [-0.2, 0) is 0 Å². The predicted molar refractivity (Wildman–Crippen MR) is 244 cm³/mol. The van der Waals surface area contributed by atoms with E-state index in [2.05, 4.69) is 41.0 Å². The van der Waals surface area contributed by atoms with Gasteiger partial charge in [0.1, 0.15) is 60.7 Å². The van der Waals surface area contributed by atoms with Crippen LogP contribution in [0.1, 0.15) is 5.56 Å². The molecule has 0 saturated heterocycles. The van der Waals surface area contributed by atoms with E-state index in [0.29, 0.717) is 22.1 Å². The first-order chi connectivity index (χ1) is 27.5. The summed E-state index contributed by atoms with van der Waals surface area (Å²) < 4.78 is 2.17. The lowest BCUT2D eigenvalue weighted by Crippen LogP contribution is -2.55. The molecule has 0 aliphatic carbocycles. The molecule has 8 aromatic carbocycles. The molecular formula is C46H25B7N2O2. The highest BCUT2D eigenvalue weighted by molar-refractivity contribution is 6.68. The van der Waals surface area contributed by atoms with Gasteiger partial charge in [0.2, 0.25) is 0 Å². The van der Waals surface area contributed by atoms with E-state index in [-0.39, 0.29) is 55.1 Å². The van der Waals surface area contributed by atoms with Gasteiger partial charge in [-0.3, -0.25) is 4.57 Å². The van der Waals surface area contributed by atoms with Gasteiger partial charge in [0, 0.05) is 22.4 Å². The van der Waals surface area contributed by atoms with E-state index < -0.39 is 5.75 Å². The molecule has 252 valence electrons. The van der Waals surface area contributed by atoms with Crippen LogP contribution in [0.25, 0.3) is 83.0 Å². The Morgan fingerprint density at radius 2 is 1.00 bits per heavy atom. The van der Waals surface area contributed by atoms with Crippen LogP contribution in [0.2, 0.25) is 0 Å². The molecule has 14 radical (unpaired) electrons. The first-order valence-corrected chi connectivity index (χ1v) is 18.2. The van der Waals surface area contributed by atoms with Crippen molar-refractivity contribution in [2.75, 3.05) is 0 Å². The SMILES string of the molecule is [B]c1c([B])c([B])c(-c2ccc3c(-c4cccc(-n5c(-c6ccccc6)nc6ccccc65)c4)c4ccccc4c(-c4c([B])c([B])c(C)c(O)c4O)c3c2)c([B])c1[B]. The summed E-state index contributed by atoms with van der Waals surface area (Å²) in [6.07, 6.45) is 0. The van der Waals surface area contributed by atoms with Gasteiger partial charge >= 0.3 is 0 Å². The number of phenols is 2. The van der Waals surface area contributed by atoms with Crippen molar-refractivity contribution < 1.29 is 10.2 Å². The van der Waals surface area contributed by atoms with Crippen molar-refractivity contribution >= 4 is 126 Å². The third-order valence-corrected chi connectivity index (χ3v) is 11.0. The average Bonchev–Trinajstić information content (AvgIpc) is 3.64. The van der Waals surface area contributed by atoms with Crippen LogP contribution in [-0.4, -0.2) is 74.7 Å². The molecule has 0 fully saturated rings. The molecular weight excluding hydrogens is 688 g/mol. The molecule has 1 aromatic heterocycles. The summed E-state index contributed by atoms with van der Waals surface area (Å²) in [6.45, 7) is 1.60. The Hall–Kier alpha value is -6.20. The summed E-state index contributed by atoms with van der Waals surface area (Å²) in [7, 11) is 45.3. The Kier molecular flexibility index (Phi) is 8.81. The van der Waals surface area contributed by atoms with E-state index in [4.69, 9.17) is 59.9 Å². The number of benzene rings is 8. The van der Waals surface area contributed by atoms with Gasteiger partial charge in [0.05, 0.1) is 11.0 Å². The predicted octanol–water partition coefficient (Wildman–Crippen LogP) is 3.28. The summed E-state index contributed by atoms with van der Waals surface area (Å²) in [5, 5.41) is 25.9. The van der Waals surface area contributed by atoms with Crippen molar-refractivity contribution in [1.82, 2.24) is 9.55 Å². The van der Waals surface area contributed by atoms with Gasteiger partial charge in [-0.15, -0.1) is 16.4 Å². The standard InChI is InChI=1S/C46H25B7N2O2/c1-22-37(47)40(50)36(45(57)44(22)56)35-28-15-6-5-14-27(28)33(29-19-18-25(21-30(29)35)34-38(48)41(51)43(53)42(52)39(34)49)24-12-9-13-26(20-24)55-32-17-8-7-16-31(32)54-46(55)23-10-3-2-4-11-23/h2-21,56-57H,1H3. The fourth-order valence-electron chi connectivity index (χ4n) is 8.08. The van der Waals surface area contributed by atoms with Crippen molar-refractivity contribution in [3.05, 3.63) is 127 Å². The minimum absolute atomic E-state index is 0.104. The van der Waals surface area contributed by atoms with Crippen molar-refractivity contribution in [3.8, 4) is 62.0 Å². The van der Waals surface area contributed by atoms with Crippen LogP contribution in [0.15, 0.2) is 121 Å². The van der Waals surface area contributed by atoms with E-state index in [1.165, 1.54) is 0 Å². The van der Waals surface area contributed by atoms with Gasteiger partial charge < -0.3 is 10.2 Å². The van der Waals surface area contributed by atoms with E-state index in [9.17, 15) is 10.2 Å². The normalized spacial score (nSPS) is 11.5. The van der Waals surface area contributed by atoms with E-state index in [1.54, 1.807) is 6.92 Å². The largest absolute Gasteiger partial charge is 0.504 e. The summed E-state index contributed by atoms with van der Waals surface area (Å²) >= 11 is 0. The number of nitrogens with zero attached hydrogens (tertiary/aromatic N) is 2. The molecule has 9 rings (SSSR count). The van der Waals surface area contributed by atoms with Gasteiger partial charge in [0.15, 0.2) is 11.5 Å². The zero-order valence-corrected chi connectivity index (χ0v) is 30.9. The highest BCUT2D eigenvalue weighted by Gasteiger charge is 2.25. The minimum atomic E-state index is -0.397. The molecule has 0 aliphatic rings. The third kappa shape index (κ3) is 5.58. The Morgan fingerprint density at radius 3 is 1.72 bits per heavy atom. The van der Waals surface area contributed by atoms with Crippen molar-refractivity contribution in [2.45, 2.75) is 6.92 Å². The van der Waals surface area contributed by atoms with Crippen molar-refractivity contribution in [2.24, 2.45) is 0 Å². The second kappa shape index (κ2) is 13.8. The maximum Gasteiger partial charge on any atom is 0.165 e. The molecule has 57 heavy (non-hydrogen) atoms. The number of fused-ring (bicyclic) bond motifs is 3. The second-order valence-corrected chi connectivity index (χ2v) is 14.2. The highest BCUT2D eigenvalue weighted by atomic mass is 16.3. The fourth-order valence-corrected chi connectivity index (χ4v) is 8.08. The first kappa shape index (κ1) is 36.4. The smallest absolute Gasteiger partial charge is 0.165 e. The Morgan fingerprint density at radius 1 is 0.439 bits per heavy atom. The molecule has 9 aromatic rings. The molecule has 0 amide bonds. The number of phenolic OH excluding ortho intramolecular Hbond substituents is 2. The van der Waals surface area contributed by atoms with E-state index in [0.717, 1.165) is 55.4 Å². The van der Waals surface area contributed by atoms with Crippen LogP contribution < -0.4 is 38.2 Å². The van der Waals surface area contributed by atoms with E-state index >= 15 is 0 Å². The quantitative estimate of drug-likeness (QED) is 0.164. The molecule has 0 aliphatic heterocycles. The molecule has 0 bridgehead atoms. The molecule has 0 spiro atoms. The van der Waals surface area contributed by atoms with Gasteiger partial charge in [-0.05, 0) is 86.6 Å². The van der Waals surface area contributed by atoms with Crippen LogP contribution >= 0.6 is 0 Å². The number of aromatic hydroxyl groups is 2. The molecule has 4 nitrogen and oxygen atoms in total. The monoisotopic (exact) mass is 714 g/mol. The number of para-hydroxylation sites is 2. The molecule has 0 saturated carbocycles. The Labute approximate surface area is 339 Å². The Bertz CT molecular complexity index is 3090. The molecule has 0 unspecified atom stereocenters. The zero-order valence-electron chi connectivity index (χ0n) is 30.9. The van der Waals surface area contributed by atoms with Gasteiger partial charge in [-0.2, -0.15) is 0 Å². The number of rotatable bonds is 5. The fraction of sp³-hybridized carbons (Fsp3) is 0.0217. The summed E-state index contributed by atoms with van der Waals surface area (Å²) in [4.78, 5) is 5.06. The minimum Gasteiger partial charge on any atom is -0.504 e. The summed E-state index contributed by atoms with van der Waals surface area (Å²) in [5.41, 5.74) is 8.50. The maximum atomic E-state index is 11.7. The maximum absolute atomic E-state index is 11.7. The third-order valence-electron chi connectivity index (χ3n) is 11.0. The zero-order chi connectivity index (χ0) is 39.9. The topological polar surface area (TPSA) is 58.3 Å². The van der Waals surface area contributed by atoms with Gasteiger partial charge in [-0.25, -0.2) is 4.98 Å². The van der Waals surface area contributed by atoms with Crippen LogP contribution in [0.5, 0.6) is 11.5 Å². The van der Waals surface area contributed by atoms with Gasteiger partial charge in [0.25, 0.3) is 0 Å². The number of aromatic nitrogens is 2. The van der Waals surface area contributed by atoms with Crippen molar-refractivity contribution in [3.63, 3.8) is 0 Å². The molecule has 11 heteroatoms. The molecule has 1 heterocycles. The molecule has 0 atom stereocenters. The lowest BCUT2D eigenvalue weighted by Gasteiger charge is -2.24. The summed E-state index contributed by atoms with van der Waals surface area (Å²) in [5.74, 6) is 0.0473. The Balaban J connectivity index is 1.40. The number of hydrogen-bond acceptors (Lipinski definition) is 3. The highest BCUT2D eigenvalue weighted by Crippen LogP contribution is 2.48. The van der Waals surface area contributed by atoms with Crippen LogP contribution in [0.4, 0.5) is 0 Å². The average molecular weight is 713 g/mol. The summed E-state index contributed by atoms with van der Waals surface area (Å²) in [6, 6.07) is 40.1. The number of imidazole rings is 1. The van der Waals surface area contributed by atoms with Crippen molar-refractivity contribution in [1.29, 1.82) is 0 Å². The first-order valence-electron chi connectivity index (χ1n) is 18.2.